The Kier molecular flexibility index (Phi) is 5.73. The fourth-order valence-electron chi connectivity index (χ4n) is 2.60. The first-order valence-electron chi connectivity index (χ1n) is 8.54. The van der Waals surface area contributed by atoms with E-state index in [4.69, 9.17) is 9.15 Å². The van der Waals surface area contributed by atoms with Gasteiger partial charge in [0.1, 0.15) is 23.9 Å². The van der Waals surface area contributed by atoms with Crippen LogP contribution < -0.4 is 4.74 Å². The van der Waals surface area contributed by atoms with Gasteiger partial charge < -0.3 is 14.1 Å². The van der Waals surface area contributed by atoms with Crippen LogP contribution in [0.1, 0.15) is 34.8 Å². The summed E-state index contributed by atoms with van der Waals surface area (Å²) in [4.78, 5) is 14.0. The summed E-state index contributed by atoms with van der Waals surface area (Å²) in [5, 5.41) is 0. The van der Waals surface area contributed by atoms with E-state index in [1.807, 2.05) is 0 Å². The topological polar surface area (TPSA) is 42.7 Å². The monoisotopic (exact) mass is 389 g/mol. The lowest BCUT2D eigenvalue weighted by Crippen LogP contribution is -2.29. The van der Waals surface area contributed by atoms with Crippen molar-refractivity contribution in [1.29, 1.82) is 0 Å². The van der Waals surface area contributed by atoms with Gasteiger partial charge in [-0.2, -0.15) is 0 Å². The third-order valence-electron chi connectivity index (χ3n) is 4.39. The number of benzene rings is 2. The Balaban J connectivity index is 1.65. The molecule has 1 unspecified atom stereocenters. The molecule has 1 amide bonds. The minimum atomic E-state index is -0.969. The Labute approximate surface area is 160 Å². The summed E-state index contributed by atoms with van der Waals surface area (Å²) in [5.41, 5.74) is 0.459. The van der Waals surface area contributed by atoms with Crippen LogP contribution in [0.5, 0.6) is 5.75 Å². The lowest BCUT2D eigenvalue weighted by Gasteiger charge is -2.24. The van der Waals surface area contributed by atoms with Crippen molar-refractivity contribution in [2.24, 2.45) is 0 Å². The number of hydrogen-bond donors (Lipinski definition) is 0. The van der Waals surface area contributed by atoms with Crippen molar-refractivity contribution >= 4 is 5.91 Å². The smallest absolute Gasteiger partial charge is 0.289 e. The molecule has 1 atom stereocenters. The zero-order chi connectivity index (χ0) is 20.3. The second kappa shape index (κ2) is 8.21. The molecule has 0 aliphatic carbocycles. The van der Waals surface area contributed by atoms with Gasteiger partial charge in [0.05, 0.1) is 6.04 Å². The highest BCUT2D eigenvalue weighted by Gasteiger charge is 2.22. The SMILES string of the molecule is CC(c1ccc(F)c(F)c1)N(C)C(=O)c1ccc(COc2ccc(F)cc2)o1. The summed E-state index contributed by atoms with van der Waals surface area (Å²) in [6, 6.07) is 11.7. The van der Waals surface area contributed by atoms with Gasteiger partial charge >= 0.3 is 0 Å². The quantitative estimate of drug-likeness (QED) is 0.588. The molecule has 0 radical (unpaired) electrons. The molecule has 1 aromatic heterocycles. The van der Waals surface area contributed by atoms with Crippen LogP contribution in [0.3, 0.4) is 0 Å². The molecule has 3 rings (SSSR count). The van der Waals surface area contributed by atoms with Gasteiger partial charge in [-0.05, 0) is 61.0 Å². The van der Waals surface area contributed by atoms with Gasteiger partial charge in [-0.1, -0.05) is 6.07 Å². The molecule has 0 aliphatic rings. The normalized spacial score (nSPS) is 11.9. The molecule has 28 heavy (non-hydrogen) atoms. The highest BCUT2D eigenvalue weighted by molar-refractivity contribution is 5.91. The maximum atomic E-state index is 13.4. The van der Waals surface area contributed by atoms with Crippen LogP contribution in [0.4, 0.5) is 13.2 Å². The van der Waals surface area contributed by atoms with E-state index >= 15 is 0 Å². The molecular weight excluding hydrogens is 371 g/mol. The van der Waals surface area contributed by atoms with Gasteiger partial charge in [0.25, 0.3) is 5.91 Å². The highest BCUT2D eigenvalue weighted by Crippen LogP contribution is 2.23. The Bertz CT molecular complexity index is 969. The first-order chi connectivity index (χ1) is 13.3. The molecule has 146 valence electrons. The zero-order valence-corrected chi connectivity index (χ0v) is 15.3. The third kappa shape index (κ3) is 4.36. The van der Waals surface area contributed by atoms with Crippen LogP contribution in [0.15, 0.2) is 59.0 Å². The maximum absolute atomic E-state index is 13.4. The van der Waals surface area contributed by atoms with Crippen LogP contribution in [0.25, 0.3) is 0 Å². The number of carbonyl (C=O) groups excluding carboxylic acids is 1. The molecular formula is C21H18F3NO3. The van der Waals surface area contributed by atoms with Crippen molar-refractivity contribution in [3.8, 4) is 5.75 Å². The van der Waals surface area contributed by atoms with E-state index in [2.05, 4.69) is 0 Å². The zero-order valence-electron chi connectivity index (χ0n) is 15.3. The molecule has 7 heteroatoms. The number of carbonyl (C=O) groups is 1. The minimum Gasteiger partial charge on any atom is -0.486 e. The predicted octanol–water partition coefficient (Wildman–Crippen LogP) is 5.11. The summed E-state index contributed by atoms with van der Waals surface area (Å²) < 4.78 is 50.4. The van der Waals surface area contributed by atoms with Gasteiger partial charge in [0.15, 0.2) is 17.4 Å². The molecule has 2 aromatic carbocycles. The van der Waals surface area contributed by atoms with Crippen LogP contribution in [0.2, 0.25) is 0 Å². The van der Waals surface area contributed by atoms with E-state index in [9.17, 15) is 18.0 Å². The highest BCUT2D eigenvalue weighted by atomic mass is 19.2. The molecule has 1 heterocycles. The second-order valence-electron chi connectivity index (χ2n) is 6.27. The number of nitrogens with zero attached hydrogens (tertiary/aromatic N) is 1. The molecule has 0 bridgehead atoms. The maximum Gasteiger partial charge on any atom is 0.289 e. The second-order valence-corrected chi connectivity index (χ2v) is 6.27. The summed E-state index contributed by atoms with van der Waals surface area (Å²) in [5.74, 6) is -1.71. The van der Waals surface area contributed by atoms with E-state index in [1.54, 1.807) is 20.0 Å². The van der Waals surface area contributed by atoms with Crippen molar-refractivity contribution < 1.29 is 27.1 Å². The van der Waals surface area contributed by atoms with Crippen LogP contribution in [-0.4, -0.2) is 17.9 Å². The predicted molar refractivity (Wildman–Crippen MR) is 96.3 cm³/mol. The summed E-state index contributed by atoms with van der Waals surface area (Å²) in [7, 11) is 1.55. The average molecular weight is 389 g/mol. The minimum absolute atomic E-state index is 0.0708. The Hall–Kier alpha value is -3.22. The third-order valence-corrected chi connectivity index (χ3v) is 4.39. The number of halogens is 3. The molecule has 0 spiro atoms. The van der Waals surface area contributed by atoms with Gasteiger partial charge in [0, 0.05) is 7.05 Å². The van der Waals surface area contributed by atoms with Crippen molar-refractivity contribution in [3.63, 3.8) is 0 Å². The first kappa shape index (κ1) is 19.5. The molecule has 4 nitrogen and oxygen atoms in total. The molecule has 0 saturated carbocycles. The summed E-state index contributed by atoms with van der Waals surface area (Å²) in [6.45, 7) is 1.77. The lowest BCUT2D eigenvalue weighted by atomic mass is 10.1. The van der Waals surface area contributed by atoms with Crippen molar-refractivity contribution in [1.82, 2.24) is 4.90 Å². The van der Waals surface area contributed by atoms with Crippen molar-refractivity contribution in [3.05, 3.63) is 89.1 Å². The first-order valence-corrected chi connectivity index (χ1v) is 8.54. The largest absolute Gasteiger partial charge is 0.486 e. The Morgan fingerprint density at radius 1 is 1.04 bits per heavy atom. The standard InChI is InChI=1S/C21H18F3NO3/c1-13(14-3-9-18(23)19(24)11-14)25(2)21(26)20-10-8-17(28-20)12-27-16-6-4-15(22)5-7-16/h3-11,13H,12H2,1-2H3. The van der Waals surface area contributed by atoms with Gasteiger partial charge in [-0.3, -0.25) is 4.79 Å². The molecule has 3 aromatic rings. The van der Waals surface area contributed by atoms with E-state index in [0.717, 1.165) is 12.1 Å². The fraction of sp³-hybridized carbons (Fsp3) is 0.190. The molecule has 0 saturated heterocycles. The lowest BCUT2D eigenvalue weighted by molar-refractivity contribution is 0.0706. The Morgan fingerprint density at radius 3 is 2.43 bits per heavy atom. The van der Waals surface area contributed by atoms with Crippen LogP contribution >= 0.6 is 0 Å². The van der Waals surface area contributed by atoms with E-state index in [0.29, 0.717) is 17.1 Å². The van der Waals surface area contributed by atoms with Gasteiger partial charge in [0.2, 0.25) is 0 Å². The molecule has 0 fully saturated rings. The fourth-order valence-corrected chi connectivity index (χ4v) is 2.60. The van der Waals surface area contributed by atoms with Crippen molar-refractivity contribution in [2.75, 3.05) is 7.05 Å². The van der Waals surface area contributed by atoms with Gasteiger partial charge in [-0.25, -0.2) is 13.2 Å². The summed E-state index contributed by atoms with van der Waals surface area (Å²) >= 11 is 0. The van der Waals surface area contributed by atoms with Crippen LogP contribution in [0, 0.1) is 17.5 Å². The number of furan rings is 1. The summed E-state index contributed by atoms with van der Waals surface area (Å²) in [6.07, 6.45) is 0. The number of rotatable bonds is 6. The number of ether oxygens (including phenoxy) is 1. The van der Waals surface area contributed by atoms with E-state index in [-0.39, 0.29) is 18.2 Å². The number of hydrogen-bond acceptors (Lipinski definition) is 3. The van der Waals surface area contributed by atoms with Crippen LogP contribution in [-0.2, 0) is 6.61 Å². The van der Waals surface area contributed by atoms with E-state index < -0.39 is 23.6 Å². The molecule has 0 N–H and O–H groups in total. The Morgan fingerprint density at radius 2 is 1.75 bits per heavy atom. The average Bonchev–Trinajstić information content (AvgIpc) is 3.17. The number of amides is 1. The van der Waals surface area contributed by atoms with Gasteiger partial charge in [-0.15, -0.1) is 0 Å². The van der Waals surface area contributed by atoms with Crippen molar-refractivity contribution in [2.45, 2.75) is 19.6 Å². The molecule has 0 aliphatic heterocycles. The van der Waals surface area contributed by atoms with E-state index in [1.165, 1.54) is 41.3 Å².